The van der Waals surface area contributed by atoms with Crippen molar-refractivity contribution in [3.8, 4) is 10.6 Å². The second-order valence-corrected chi connectivity index (χ2v) is 5.61. The van der Waals surface area contributed by atoms with Gasteiger partial charge >= 0.3 is 0 Å². The molecule has 0 amide bonds. The van der Waals surface area contributed by atoms with Crippen molar-refractivity contribution in [2.45, 2.75) is 25.4 Å². The molecule has 2 heterocycles. The molecule has 0 bridgehead atoms. The third-order valence-electron chi connectivity index (χ3n) is 2.69. The predicted octanol–water partition coefficient (Wildman–Crippen LogP) is 3.24. The van der Waals surface area contributed by atoms with Crippen LogP contribution in [0.3, 0.4) is 0 Å². The zero-order chi connectivity index (χ0) is 10.3. The summed E-state index contributed by atoms with van der Waals surface area (Å²) in [6.45, 7) is 0. The van der Waals surface area contributed by atoms with Gasteiger partial charge in [0.1, 0.15) is 5.01 Å². The smallest absolute Gasteiger partial charge is 0.124 e. The van der Waals surface area contributed by atoms with Gasteiger partial charge in [-0.3, -0.25) is 0 Å². The summed E-state index contributed by atoms with van der Waals surface area (Å²) in [6.07, 6.45) is 2.69. The molecule has 0 fully saturated rings. The van der Waals surface area contributed by atoms with E-state index >= 15 is 0 Å². The van der Waals surface area contributed by atoms with Gasteiger partial charge in [0, 0.05) is 15.8 Å². The lowest BCUT2D eigenvalue weighted by Crippen LogP contribution is -2.07. The SMILES string of the molecule is OC1CCCc2sc(-c3ccsc3)nc21. The molecule has 15 heavy (non-hydrogen) atoms. The summed E-state index contributed by atoms with van der Waals surface area (Å²) in [5.74, 6) is 0. The maximum Gasteiger partial charge on any atom is 0.124 e. The standard InChI is InChI=1S/C11H11NOS2/c13-8-2-1-3-9-10(8)12-11(15-9)7-4-5-14-6-7/h4-6,8,13H,1-3H2. The number of rotatable bonds is 1. The number of nitrogens with zero attached hydrogens (tertiary/aromatic N) is 1. The Labute approximate surface area is 96.2 Å². The van der Waals surface area contributed by atoms with Crippen molar-refractivity contribution in [2.24, 2.45) is 0 Å². The van der Waals surface area contributed by atoms with Crippen LogP contribution in [0, 0.1) is 0 Å². The van der Waals surface area contributed by atoms with Crippen LogP contribution >= 0.6 is 22.7 Å². The predicted molar refractivity (Wildman–Crippen MR) is 63.3 cm³/mol. The molecule has 0 aromatic carbocycles. The highest BCUT2D eigenvalue weighted by atomic mass is 32.1. The molecule has 3 rings (SSSR count). The molecule has 1 atom stereocenters. The van der Waals surface area contributed by atoms with Gasteiger partial charge in [0.2, 0.25) is 0 Å². The van der Waals surface area contributed by atoms with E-state index in [-0.39, 0.29) is 6.10 Å². The number of aliphatic hydroxyl groups excluding tert-OH is 1. The number of aryl methyl sites for hydroxylation is 1. The first-order chi connectivity index (χ1) is 7.34. The van der Waals surface area contributed by atoms with Crippen LogP contribution in [-0.4, -0.2) is 10.1 Å². The molecule has 2 aromatic heterocycles. The van der Waals surface area contributed by atoms with Crippen LogP contribution < -0.4 is 0 Å². The third-order valence-corrected chi connectivity index (χ3v) is 4.56. The Kier molecular flexibility index (Phi) is 2.35. The minimum atomic E-state index is -0.336. The van der Waals surface area contributed by atoms with Crippen LogP contribution in [0.4, 0.5) is 0 Å². The van der Waals surface area contributed by atoms with Gasteiger partial charge in [0.15, 0.2) is 0 Å². The summed E-state index contributed by atoms with van der Waals surface area (Å²) in [5.41, 5.74) is 2.11. The largest absolute Gasteiger partial charge is 0.387 e. The molecule has 1 aliphatic carbocycles. The second-order valence-electron chi connectivity index (χ2n) is 3.75. The van der Waals surface area contributed by atoms with E-state index in [1.165, 1.54) is 10.4 Å². The molecule has 78 valence electrons. The van der Waals surface area contributed by atoms with Gasteiger partial charge in [0.05, 0.1) is 11.8 Å². The molecule has 1 unspecified atom stereocenters. The van der Waals surface area contributed by atoms with Gasteiger partial charge in [-0.25, -0.2) is 4.98 Å². The van der Waals surface area contributed by atoms with Gasteiger partial charge in [-0.15, -0.1) is 11.3 Å². The van der Waals surface area contributed by atoms with E-state index in [0.717, 1.165) is 30.0 Å². The lowest BCUT2D eigenvalue weighted by atomic mass is 10.0. The number of hydrogen-bond donors (Lipinski definition) is 1. The zero-order valence-electron chi connectivity index (χ0n) is 8.14. The first kappa shape index (κ1) is 9.51. The summed E-state index contributed by atoms with van der Waals surface area (Å²) >= 11 is 3.42. The van der Waals surface area contributed by atoms with Crippen LogP contribution in [0.25, 0.3) is 10.6 Å². The van der Waals surface area contributed by atoms with Crippen molar-refractivity contribution >= 4 is 22.7 Å². The van der Waals surface area contributed by atoms with Gasteiger partial charge in [-0.1, -0.05) is 0 Å². The Balaban J connectivity index is 2.06. The van der Waals surface area contributed by atoms with E-state index < -0.39 is 0 Å². The zero-order valence-corrected chi connectivity index (χ0v) is 9.77. The Morgan fingerprint density at radius 2 is 2.40 bits per heavy atom. The summed E-state index contributed by atoms with van der Waals surface area (Å²) in [5, 5.41) is 15.0. The van der Waals surface area contributed by atoms with Crippen molar-refractivity contribution in [3.05, 3.63) is 27.4 Å². The fraction of sp³-hybridized carbons (Fsp3) is 0.364. The molecule has 0 saturated heterocycles. The van der Waals surface area contributed by atoms with Crippen LogP contribution in [-0.2, 0) is 6.42 Å². The molecular weight excluding hydrogens is 226 g/mol. The summed E-state index contributed by atoms with van der Waals surface area (Å²) in [6, 6.07) is 2.08. The van der Waals surface area contributed by atoms with Crippen LogP contribution in [0.5, 0.6) is 0 Å². The van der Waals surface area contributed by atoms with Crippen molar-refractivity contribution in [1.82, 2.24) is 4.98 Å². The molecule has 0 spiro atoms. The van der Waals surface area contributed by atoms with E-state index in [9.17, 15) is 5.11 Å². The maximum atomic E-state index is 9.82. The fourth-order valence-electron chi connectivity index (χ4n) is 1.91. The number of fused-ring (bicyclic) bond motifs is 1. The Bertz CT molecular complexity index is 461. The maximum absolute atomic E-state index is 9.82. The fourth-order valence-corrected chi connectivity index (χ4v) is 3.78. The third kappa shape index (κ3) is 1.62. The van der Waals surface area contributed by atoms with Crippen LogP contribution in [0.15, 0.2) is 16.8 Å². The van der Waals surface area contributed by atoms with Crippen molar-refractivity contribution in [2.75, 3.05) is 0 Å². The van der Waals surface area contributed by atoms with E-state index in [2.05, 4.69) is 21.8 Å². The molecule has 0 saturated carbocycles. The normalized spacial score (nSPS) is 20.2. The number of aromatic nitrogens is 1. The minimum absolute atomic E-state index is 0.336. The molecular formula is C11H11NOS2. The average molecular weight is 237 g/mol. The number of thiophene rings is 1. The quantitative estimate of drug-likeness (QED) is 0.826. The molecule has 0 aliphatic heterocycles. The van der Waals surface area contributed by atoms with Crippen molar-refractivity contribution in [1.29, 1.82) is 0 Å². The lowest BCUT2D eigenvalue weighted by molar-refractivity contribution is 0.153. The molecule has 0 radical (unpaired) electrons. The molecule has 1 N–H and O–H groups in total. The van der Waals surface area contributed by atoms with Crippen molar-refractivity contribution < 1.29 is 5.11 Å². The molecule has 1 aliphatic rings. The first-order valence-corrected chi connectivity index (χ1v) is 6.81. The van der Waals surface area contributed by atoms with Gasteiger partial charge < -0.3 is 5.11 Å². The molecule has 2 aromatic rings. The van der Waals surface area contributed by atoms with E-state index in [1.54, 1.807) is 22.7 Å². The topological polar surface area (TPSA) is 33.1 Å². The number of thiazole rings is 1. The first-order valence-electron chi connectivity index (χ1n) is 5.05. The van der Waals surface area contributed by atoms with Crippen LogP contribution in [0.2, 0.25) is 0 Å². The Morgan fingerprint density at radius 3 is 3.13 bits per heavy atom. The van der Waals surface area contributed by atoms with E-state index in [4.69, 9.17) is 0 Å². The Hall–Kier alpha value is -0.710. The average Bonchev–Trinajstić information content (AvgIpc) is 2.86. The number of hydrogen-bond acceptors (Lipinski definition) is 4. The van der Waals surface area contributed by atoms with Gasteiger partial charge in [0.25, 0.3) is 0 Å². The van der Waals surface area contributed by atoms with Gasteiger partial charge in [-0.05, 0) is 30.7 Å². The lowest BCUT2D eigenvalue weighted by Gasteiger charge is -2.14. The monoisotopic (exact) mass is 237 g/mol. The van der Waals surface area contributed by atoms with E-state index in [1.807, 2.05) is 0 Å². The van der Waals surface area contributed by atoms with Gasteiger partial charge in [-0.2, -0.15) is 11.3 Å². The number of aliphatic hydroxyl groups is 1. The highest BCUT2D eigenvalue weighted by molar-refractivity contribution is 7.15. The molecule has 4 heteroatoms. The van der Waals surface area contributed by atoms with E-state index in [0.29, 0.717) is 0 Å². The second kappa shape index (κ2) is 3.70. The highest BCUT2D eigenvalue weighted by Gasteiger charge is 2.23. The molecule has 2 nitrogen and oxygen atoms in total. The Morgan fingerprint density at radius 1 is 1.47 bits per heavy atom. The summed E-state index contributed by atoms with van der Waals surface area (Å²) in [4.78, 5) is 5.82. The summed E-state index contributed by atoms with van der Waals surface area (Å²) in [7, 11) is 0. The highest BCUT2D eigenvalue weighted by Crippen LogP contribution is 2.37. The van der Waals surface area contributed by atoms with Crippen LogP contribution in [0.1, 0.15) is 29.5 Å². The minimum Gasteiger partial charge on any atom is -0.387 e. The summed E-state index contributed by atoms with van der Waals surface area (Å²) < 4.78 is 0. The van der Waals surface area contributed by atoms with Crippen molar-refractivity contribution in [3.63, 3.8) is 0 Å².